The van der Waals surface area contributed by atoms with E-state index in [-0.39, 0.29) is 23.9 Å². The molecule has 1 amide bonds. The van der Waals surface area contributed by atoms with Crippen LogP contribution in [0.1, 0.15) is 47.3 Å². The van der Waals surface area contributed by atoms with Crippen molar-refractivity contribution >= 4 is 33.2 Å². The number of pyridine rings is 1. The van der Waals surface area contributed by atoms with Crippen LogP contribution in [0.15, 0.2) is 36.5 Å². The number of aliphatic hydroxyl groups excluding tert-OH is 1. The highest BCUT2D eigenvalue weighted by atomic mass is 32.1. The van der Waals surface area contributed by atoms with Crippen molar-refractivity contribution in [3.63, 3.8) is 0 Å². The number of hydrogen-bond donors (Lipinski definition) is 1. The van der Waals surface area contributed by atoms with Gasteiger partial charge in [-0.3, -0.25) is 14.6 Å². The number of carbonyl (C=O) groups is 2. The van der Waals surface area contributed by atoms with Gasteiger partial charge in [0.2, 0.25) is 0 Å². The second-order valence-electron chi connectivity index (χ2n) is 8.91. The number of amides is 1. The summed E-state index contributed by atoms with van der Waals surface area (Å²) in [6, 6.07) is 7.96. The number of piperidine rings is 1. The molecule has 2 fully saturated rings. The number of aromatic nitrogens is 1. The summed E-state index contributed by atoms with van der Waals surface area (Å²) in [6.07, 6.45) is 5.57. The van der Waals surface area contributed by atoms with Crippen molar-refractivity contribution in [1.82, 2.24) is 9.88 Å². The number of ketones is 1. The standard InChI is InChI=1S/C25H25FN2O4S/c26-19-12-16(11-18(30)10-15-3-4-15)5-6-21(19)32-22-7-8-27-20-13-23(33-24(20)22)25(31)28-9-1-2-17(29)14-28/h5-8,12-13,15,17,29H,1-4,9-11,14H2/t17-/m1/s1. The topological polar surface area (TPSA) is 79.7 Å². The number of ether oxygens (including phenoxy) is 1. The third-order valence-corrected chi connectivity index (χ3v) is 7.23. The first-order chi connectivity index (χ1) is 16.0. The molecule has 172 valence electrons. The minimum Gasteiger partial charge on any atom is -0.453 e. The first-order valence-electron chi connectivity index (χ1n) is 11.3. The number of hydrogen-bond acceptors (Lipinski definition) is 6. The summed E-state index contributed by atoms with van der Waals surface area (Å²) in [5, 5.41) is 9.88. The van der Waals surface area contributed by atoms with Crippen molar-refractivity contribution < 1.29 is 23.8 Å². The van der Waals surface area contributed by atoms with Crippen LogP contribution in [0.5, 0.6) is 11.5 Å². The van der Waals surface area contributed by atoms with Crippen LogP contribution in [0.2, 0.25) is 0 Å². The zero-order valence-electron chi connectivity index (χ0n) is 18.1. The molecule has 1 aliphatic heterocycles. The van der Waals surface area contributed by atoms with Gasteiger partial charge < -0.3 is 14.7 Å². The molecule has 0 spiro atoms. The molecule has 33 heavy (non-hydrogen) atoms. The molecule has 1 N–H and O–H groups in total. The van der Waals surface area contributed by atoms with Crippen LogP contribution in [0.4, 0.5) is 4.39 Å². The second-order valence-corrected chi connectivity index (χ2v) is 9.96. The van der Waals surface area contributed by atoms with E-state index in [4.69, 9.17) is 4.74 Å². The third kappa shape index (κ3) is 5.07. The van der Waals surface area contributed by atoms with Gasteiger partial charge in [-0.25, -0.2) is 4.39 Å². The average molecular weight is 469 g/mol. The molecule has 0 radical (unpaired) electrons. The number of benzene rings is 1. The van der Waals surface area contributed by atoms with Crippen LogP contribution in [-0.4, -0.2) is 45.9 Å². The summed E-state index contributed by atoms with van der Waals surface area (Å²) < 4.78 is 21.3. The number of thiophene rings is 1. The maximum atomic E-state index is 14.7. The van der Waals surface area contributed by atoms with E-state index in [0.717, 1.165) is 19.3 Å². The zero-order chi connectivity index (χ0) is 22.9. The Labute approximate surface area is 195 Å². The molecular formula is C25H25FN2O4S. The van der Waals surface area contributed by atoms with Gasteiger partial charge in [0.1, 0.15) is 11.5 Å². The van der Waals surface area contributed by atoms with Gasteiger partial charge in [0, 0.05) is 38.2 Å². The first kappa shape index (κ1) is 22.0. The van der Waals surface area contributed by atoms with Crippen LogP contribution in [-0.2, 0) is 11.2 Å². The van der Waals surface area contributed by atoms with Crippen molar-refractivity contribution in [3.8, 4) is 11.5 Å². The number of carbonyl (C=O) groups excluding carboxylic acids is 2. The Morgan fingerprint density at radius 1 is 1.18 bits per heavy atom. The lowest BCUT2D eigenvalue weighted by molar-refractivity contribution is -0.118. The Balaban J connectivity index is 1.33. The fraction of sp³-hybridized carbons (Fsp3) is 0.400. The minimum atomic E-state index is -0.535. The van der Waals surface area contributed by atoms with Gasteiger partial charge in [-0.15, -0.1) is 11.3 Å². The Morgan fingerprint density at radius 3 is 2.79 bits per heavy atom. The van der Waals surface area contributed by atoms with Crippen molar-refractivity contribution in [2.75, 3.05) is 13.1 Å². The van der Waals surface area contributed by atoms with Crippen LogP contribution in [0.3, 0.4) is 0 Å². The number of likely N-dealkylation sites (tertiary alicyclic amines) is 1. The van der Waals surface area contributed by atoms with E-state index in [0.29, 0.717) is 58.3 Å². The highest BCUT2D eigenvalue weighted by Gasteiger charge is 2.26. The van der Waals surface area contributed by atoms with E-state index >= 15 is 0 Å². The van der Waals surface area contributed by atoms with Gasteiger partial charge in [0.05, 0.1) is 21.2 Å². The van der Waals surface area contributed by atoms with Gasteiger partial charge in [-0.1, -0.05) is 6.07 Å². The van der Waals surface area contributed by atoms with Crippen molar-refractivity contribution in [3.05, 3.63) is 52.8 Å². The smallest absolute Gasteiger partial charge is 0.264 e. The predicted molar refractivity (Wildman–Crippen MR) is 123 cm³/mol. The largest absolute Gasteiger partial charge is 0.453 e. The zero-order valence-corrected chi connectivity index (χ0v) is 18.9. The molecule has 3 aromatic rings. The summed E-state index contributed by atoms with van der Waals surface area (Å²) >= 11 is 1.25. The lowest BCUT2D eigenvalue weighted by Crippen LogP contribution is -2.41. The van der Waals surface area contributed by atoms with E-state index in [1.54, 1.807) is 29.3 Å². The van der Waals surface area contributed by atoms with E-state index in [9.17, 15) is 19.1 Å². The van der Waals surface area contributed by atoms with Gasteiger partial charge in [-0.05, 0) is 55.4 Å². The number of β-amino-alcohol motifs (C(OH)–C–C–N with tert-alkyl or cyclic N) is 1. The minimum absolute atomic E-state index is 0.0568. The van der Waals surface area contributed by atoms with Gasteiger partial charge in [0.15, 0.2) is 11.6 Å². The fourth-order valence-electron chi connectivity index (χ4n) is 4.19. The molecule has 1 saturated carbocycles. The Hall–Kier alpha value is -2.84. The van der Waals surface area contributed by atoms with Gasteiger partial charge in [-0.2, -0.15) is 0 Å². The van der Waals surface area contributed by atoms with Crippen LogP contribution >= 0.6 is 11.3 Å². The monoisotopic (exact) mass is 468 g/mol. The number of fused-ring (bicyclic) bond motifs is 1. The predicted octanol–water partition coefficient (Wildman–Crippen LogP) is 4.74. The Morgan fingerprint density at radius 2 is 2.03 bits per heavy atom. The van der Waals surface area contributed by atoms with E-state index < -0.39 is 11.9 Å². The van der Waals surface area contributed by atoms with Crippen molar-refractivity contribution in [2.24, 2.45) is 5.92 Å². The first-order valence-corrected chi connectivity index (χ1v) is 12.1. The molecule has 0 unspecified atom stereocenters. The van der Waals surface area contributed by atoms with E-state index in [2.05, 4.69) is 4.98 Å². The molecular weight excluding hydrogens is 443 g/mol. The molecule has 8 heteroatoms. The molecule has 0 bridgehead atoms. The number of Topliss-reactive ketones (excluding diaryl/α,β-unsaturated/α-hetero) is 1. The SMILES string of the molecule is O=C(Cc1ccc(Oc2ccnc3cc(C(=O)N4CCC[C@@H](O)C4)sc23)c(F)c1)CC1CC1. The van der Waals surface area contributed by atoms with Gasteiger partial charge >= 0.3 is 0 Å². The quantitative estimate of drug-likeness (QED) is 0.542. The summed E-state index contributed by atoms with van der Waals surface area (Å²) in [5.41, 5.74) is 1.24. The molecule has 1 saturated heterocycles. The van der Waals surface area contributed by atoms with Crippen molar-refractivity contribution in [1.29, 1.82) is 0 Å². The number of aliphatic hydroxyl groups is 1. The molecule has 2 aromatic heterocycles. The number of nitrogens with zero attached hydrogens (tertiary/aromatic N) is 2. The normalized spacial score (nSPS) is 18.5. The average Bonchev–Trinajstić information content (AvgIpc) is 3.49. The summed E-state index contributed by atoms with van der Waals surface area (Å²) in [7, 11) is 0. The maximum Gasteiger partial charge on any atom is 0.264 e. The molecule has 2 aliphatic rings. The molecule has 6 nitrogen and oxygen atoms in total. The summed E-state index contributed by atoms with van der Waals surface area (Å²) in [5.74, 6) is 0.446. The van der Waals surface area contributed by atoms with Crippen LogP contribution in [0.25, 0.3) is 10.2 Å². The highest BCUT2D eigenvalue weighted by Crippen LogP contribution is 2.37. The summed E-state index contributed by atoms with van der Waals surface area (Å²) in [4.78, 5) is 31.5. The summed E-state index contributed by atoms with van der Waals surface area (Å²) in [6.45, 7) is 0.937. The van der Waals surface area contributed by atoms with Gasteiger partial charge in [0.25, 0.3) is 5.91 Å². The second kappa shape index (κ2) is 9.19. The van der Waals surface area contributed by atoms with E-state index in [1.807, 2.05) is 0 Å². The molecule has 1 aliphatic carbocycles. The number of rotatable bonds is 7. The fourth-order valence-corrected chi connectivity index (χ4v) is 5.23. The van der Waals surface area contributed by atoms with Crippen LogP contribution < -0.4 is 4.74 Å². The molecule has 3 heterocycles. The molecule has 5 rings (SSSR count). The molecule has 1 atom stereocenters. The third-order valence-electron chi connectivity index (χ3n) is 6.10. The van der Waals surface area contributed by atoms with Crippen molar-refractivity contribution in [2.45, 2.75) is 44.6 Å². The maximum absolute atomic E-state index is 14.7. The highest BCUT2D eigenvalue weighted by molar-refractivity contribution is 7.21. The Kier molecular flexibility index (Phi) is 6.12. The lowest BCUT2D eigenvalue weighted by atomic mass is 10.0. The lowest BCUT2D eigenvalue weighted by Gasteiger charge is -2.29. The van der Waals surface area contributed by atoms with E-state index in [1.165, 1.54) is 23.5 Å². The molecule has 1 aromatic carbocycles. The number of halogens is 1. The van der Waals surface area contributed by atoms with Crippen LogP contribution in [0, 0.1) is 11.7 Å². The Bertz CT molecular complexity index is 1210.